The van der Waals surface area contributed by atoms with Crippen LogP contribution in [0.3, 0.4) is 0 Å². The van der Waals surface area contributed by atoms with E-state index in [9.17, 15) is 4.79 Å². The summed E-state index contributed by atoms with van der Waals surface area (Å²) in [5, 5.41) is 10.3. The second-order valence-electron chi connectivity index (χ2n) is 7.83. The van der Waals surface area contributed by atoms with Crippen LogP contribution in [0.1, 0.15) is 42.9 Å². The molecule has 28 heavy (non-hydrogen) atoms. The smallest absolute Gasteiger partial charge is 0.216 e. The second kappa shape index (κ2) is 9.80. The fourth-order valence-electron chi connectivity index (χ4n) is 4.10. The fraction of sp³-hybridized carbons (Fsp3) is 0.478. The summed E-state index contributed by atoms with van der Waals surface area (Å²) >= 11 is 0. The van der Waals surface area contributed by atoms with Crippen molar-refractivity contribution in [1.82, 2.24) is 20.9 Å². The third kappa shape index (κ3) is 5.18. The molecule has 1 aliphatic heterocycles. The van der Waals surface area contributed by atoms with Gasteiger partial charge < -0.3 is 16.0 Å². The van der Waals surface area contributed by atoms with E-state index in [1.165, 1.54) is 18.4 Å². The molecule has 5 nitrogen and oxygen atoms in total. The highest BCUT2D eigenvalue weighted by atomic mass is 16.1. The van der Waals surface area contributed by atoms with Gasteiger partial charge in [0.05, 0.1) is 5.54 Å². The molecular weight excluding hydrogens is 348 g/mol. The van der Waals surface area contributed by atoms with Gasteiger partial charge in [-0.1, -0.05) is 29.8 Å². The molecule has 1 aromatic carbocycles. The Labute approximate surface area is 168 Å². The van der Waals surface area contributed by atoms with E-state index in [2.05, 4.69) is 52.1 Å². The zero-order chi connectivity index (χ0) is 19.8. The maximum absolute atomic E-state index is 11.8. The summed E-state index contributed by atoms with van der Waals surface area (Å²) < 4.78 is 0. The molecule has 150 valence electrons. The van der Waals surface area contributed by atoms with Crippen molar-refractivity contribution in [3.8, 4) is 0 Å². The first-order valence-corrected chi connectivity index (χ1v) is 10.3. The summed E-state index contributed by atoms with van der Waals surface area (Å²) in [5.74, 6) is 0.730. The topological polar surface area (TPSA) is 66.1 Å². The van der Waals surface area contributed by atoms with Crippen LogP contribution in [0.2, 0.25) is 0 Å². The summed E-state index contributed by atoms with van der Waals surface area (Å²) in [4.78, 5) is 16.0. The monoisotopic (exact) mass is 380 g/mol. The number of nitrogens with zero attached hydrogens (tertiary/aromatic N) is 1. The van der Waals surface area contributed by atoms with Gasteiger partial charge in [0.25, 0.3) is 0 Å². The molecule has 3 rings (SSSR count). The quantitative estimate of drug-likeness (QED) is 0.659. The van der Waals surface area contributed by atoms with E-state index in [4.69, 9.17) is 0 Å². The molecule has 1 unspecified atom stereocenters. The van der Waals surface area contributed by atoms with E-state index in [1.807, 2.05) is 24.5 Å². The largest absolute Gasteiger partial charge is 0.354 e. The molecule has 2 aromatic rings. The lowest BCUT2D eigenvalue weighted by Gasteiger charge is -2.37. The van der Waals surface area contributed by atoms with Gasteiger partial charge >= 0.3 is 0 Å². The van der Waals surface area contributed by atoms with Crippen molar-refractivity contribution in [3.05, 3.63) is 65.5 Å². The Morgan fingerprint density at radius 1 is 1.18 bits per heavy atom. The molecule has 1 atom stereocenters. The van der Waals surface area contributed by atoms with Crippen molar-refractivity contribution in [2.75, 3.05) is 26.2 Å². The van der Waals surface area contributed by atoms with E-state index < -0.39 is 5.54 Å². The number of carbonyl (C=O) groups excluding carboxylic acids is 1. The average Bonchev–Trinajstić information content (AvgIpc) is 2.72. The summed E-state index contributed by atoms with van der Waals surface area (Å²) in [6.45, 7) is 7.31. The number of pyridine rings is 1. The number of hydrogen-bond donors (Lipinski definition) is 3. The van der Waals surface area contributed by atoms with Gasteiger partial charge in [0.15, 0.2) is 0 Å². The van der Waals surface area contributed by atoms with E-state index >= 15 is 0 Å². The van der Waals surface area contributed by atoms with Gasteiger partial charge in [0.2, 0.25) is 5.91 Å². The van der Waals surface area contributed by atoms with Crippen molar-refractivity contribution in [3.63, 3.8) is 0 Å². The minimum absolute atomic E-state index is 0.0220. The number of aryl methyl sites for hydroxylation is 1. The molecule has 0 spiro atoms. The molecule has 0 bridgehead atoms. The molecule has 0 radical (unpaired) electrons. The molecule has 5 heteroatoms. The molecule has 0 aliphatic carbocycles. The van der Waals surface area contributed by atoms with Gasteiger partial charge in [-0.25, -0.2) is 0 Å². The summed E-state index contributed by atoms with van der Waals surface area (Å²) in [5.41, 5.74) is 3.01. The van der Waals surface area contributed by atoms with Gasteiger partial charge in [-0.3, -0.25) is 9.78 Å². The third-order valence-corrected chi connectivity index (χ3v) is 5.72. The Bertz CT molecular complexity index is 758. The van der Waals surface area contributed by atoms with Gasteiger partial charge in [0.1, 0.15) is 0 Å². The van der Waals surface area contributed by atoms with Crippen LogP contribution in [0.25, 0.3) is 0 Å². The van der Waals surface area contributed by atoms with Crippen molar-refractivity contribution >= 4 is 5.91 Å². The van der Waals surface area contributed by atoms with Crippen LogP contribution in [0.5, 0.6) is 0 Å². The zero-order valence-corrected chi connectivity index (χ0v) is 17.0. The maximum Gasteiger partial charge on any atom is 0.216 e. The summed E-state index contributed by atoms with van der Waals surface area (Å²) in [6.07, 6.45) is 7.25. The van der Waals surface area contributed by atoms with E-state index in [0.29, 0.717) is 6.54 Å². The number of rotatable bonds is 8. The van der Waals surface area contributed by atoms with Gasteiger partial charge in [-0.2, -0.15) is 0 Å². The van der Waals surface area contributed by atoms with Crippen molar-refractivity contribution < 1.29 is 4.79 Å². The molecule has 1 amide bonds. The molecule has 1 aliphatic rings. The van der Waals surface area contributed by atoms with Crippen LogP contribution >= 0.6 is 0 Å². The number of nitrogens with one attached hydrogen (secondary N) is 3. The normalized spacial score (nSPS) is 17.1. The SMILES string of the molecule is CC(=O)NCC(NCCC1CCNCC1)(c1ccncc1)c1cccc(C)c1. The van der Waals surface area contributed by atoms with E-state index in [0.717, 1.165) is 43.1 Å². The first kappa shape index (κ1) is 20.5. The Morgan fingerprint density at radius 3 is 2.61 bits per heavy atom. The molecule has 3 N–H and O–H groups in total. The fourth-order valence-corrected chi connectivity index (χ4v) is 4.10. The van der Waals surface area contributed by atoms with Gasteiger partial charge in [0, 0.05) is 25.9 Å². The first-order chi connectivity index (χ1) is 13.6. The minimum atomic E-state index is -0.479. The highest BCUT2D eigenvalue weighted by Gasteiger charge is 2.34. The lowest BCUT2D eigenvalue weighted by atomic mass is 9.81. The van der Waals surface area contributed by atoms with Crippen LogP contribution in [-0.2, 0) is 10.3 Å². The van der Waals surface area contributed by atoms with Gasteiger partial charge in [-0.05, 0) is 75.0 Å². The summed E-state index contributed by atoms with van der Waals surface area (Å²) in [7, 11) is 0. The van der Waals surface area contributed by atoms with Crippen LogP contribution in [0, 0.1) is 12.8 Å². The predicted molar refractivity (Wildman–Crippen MR) is 113 cm³/mol. The highest BCUT2D eigenvalue weighted by molar-refractivity contribution is 5.73. The Hall–Kier alpha value is -2.24. The molecule has 1 aromatic heterocycles. The Kier molecular flexibility index (Phi) is 7.18. The van der Waals surface area contributed by atoms with Crippen LogP contribution in [-0.4, -0.2) is 37.1 Å². The molecule has 0 saturated carbocycles. The Morgan fingerprint density at radius 2 is 1.93 bits per heavy atom. The van der Waals surface area contributed by atoms with Crippen molar-refractivity contribution in [1.29, 1.82) is 0 Å². The minimum Gasteiger partial charge on any atom is -0.354 e. The predicted octanol–water partition coefficient (Wildman–Crippen LogP) is 2.75. The average molecular weight is 381 g/mol. The zero-order valence-electron chi connectivity index (χ0n) is 17.0. The maximum atomic E-state index is 11.8. The van der Waals surface area contributed by atoms with Crippen LogP contribution in [0.15, 0.2) is 48.8 Å². The van der Waals surface area contributed by atoms with E-state index in [-0.39, 0.29) is 5.91 Å². The van der Waals surface area contributed by atoms with Gasteiger partial charge in [-0.15, -0.1) is 0 Å². The lowest BCUT2D eigenvalue weighted by molar-refractivity contribution is -0.119. The van der Waals surface area contributed by atoms with Crippen LogP contribution in [0.4, 0.5) is 0 Å². The molecular formula is C23H32N4O. The third-order valence-electron chi connectivity index (χ3n) is 5.72. The number of hydrogen-bond acceptors (Lipinski definition) is 4. The Balaban J connectivity index is 1.90. The molecule has 1 saturated heterocycles. The number of amides is 1. The van der Waals surface area contributed by atoms with Crippen LogP contribution < -0.4 is 16.0 Å². The molecule has 2 heterocycles. The number of carbonyl (C=O) groups is 1. The van der Waals surface area contributed by atoms with E-state index in [1.54, 1.807) is 6.92 Å². The number of piperidine rings is 1. The molecule has 1 fully saturated rings. The summed E-state index contributed by atoms with van der Waals surface area (Å²) in [6, 6.07) is 12.6. The lowest BCUT2D eigenvalue weighted by Crippen LogP contribution is -2.52. The number of aromatic nitrogens is 1. The second-order valence-corrected chi connectivity index (χ2v) is 7.83. The van der Waals surface area contributed by atoms with Crippen molar-refractivity contribution in [2.24, 2.45) is 5.92 Å². The number of benzene rings is 1. The first-order valence-electron chi connectivity index (χ1n) is 10.3. The van der Waals surface area contributed by atoms with Crippen molar-refractivity contribution in [2.45, 2.75) is 38.6 Å². The highest BCUT2D eigenvalue weighted by Crippen LogP contribution is 2.30. The standard InChI is InChI=1S/C23H32N4O/c1-18-4-3-5-22(16-18)23(17-26-19(2)28,21-9-13-25-14-10-21)27-15-8-20-6-11-24-12-7-20/h3-5,9-10,13-14,16,20,24,27H,6-8,11-12,15,17H2,1-2H3,(H,26,28).